The lowest BCUT2D eigenvalue weighted by atomic mass is 10.0. The van der Waals surface area contributed by atoms with E-state index in [-0.39, 0.29) is 0 Å². The second kappa shape index (κ2) is 8.35. The average molecular weight is 456 g/mol. The lowest BCUT2D eigenvalue weighted by Gasteiger charge is -2.30. The number of rotatable bonds is 5. The highest BCUT2D eigenvalue weighted by atomic mass is 16.5. The van der Waals surface area contributed by atoms with Gasteiger partial charge in [-0.25, -0.2) is 9.97 Å². The summed E-state index contributed by atoms with van der Waals surface area (Å²) in [6.07, 6.45) is 5.67. The molecule has 0 saturated carbocycles. The lowest BCUT2D eigenvalue weighted by Crippen LogP contribution is -2.36. The topological polar surface area (TPSA) is 102 Å². The van der Waals surface area contributed by atoms with Crippen LogP contribution in [0.2, 0.25) is 0 Å². The number of methoxy groups -OCH3 is 1. The molecule has 9 heteroatoms. The number of anilines is 3. The molecule has 4 heterocycles. The van der Waals surface area contributed by atoms with Crippen molar-refractivity contribution in [3.8, 4) is 17.0 Å². The van der Waals surface area contributed by atoms with Gasteiger partial charge >= 0.3 is 0 Å². The van der Waals surface area contributed by atoms with Crippen LogP contribution in [0.25, 0.3) is 16.9 Å². The zero-order valence-electron chi connectivity index (χ0n) is 18.9. The number of imidazole rings is 1. The fraction of sp³-hybridized carbons (Fsp3) is 0.240. The third-order valence-corrected chi connectivity index (χ3v) is 6.27. The fourth-order valence-corrected chi connectivity index (χ4v) is 4.50. The van der Waals surface area contributed by atoms with Crippen LogP contribution in [0, 0.1) is 0 Å². The minimum atomic E-state index is 0.594. The van der Waals surface area contributed by atoms with Gasteiger partial charge < -0.3 is 29.8 Å². The van der Waals surface area contributed by atoms with Gasteiger partial charge in [-0.1, -0.05) is 12.1 Å². The van der Waals surface area contributed by atoms with Crippen LogP contribution >= 0.6 is 0 Å². The Morgan fingerprint density at radius 3 is 2.85 bits per heavy atom. The maximum Gasteiger partial charge on any atom is 0.180 e. The molecule has 0 unspecified atom stereocenters. The number of nitrogens with one attached hydrogen (secondary N) is 1. The van der Waals surface area contributed by atoms with Crippen LogP contribution in [0.15, 0.2) is 60.0 Å². The number of fused-ring (bicyclic) bond motifs is 2. The van der Waals surface area contributed by atoms with E-state index in [4.69, 9.17) is 20.2 Å². The number of aliphatic imine (C=N–C) groups is 1. The minimum absolute atomic E-state index is 0.594. The van der Waals surface area contributed by atoms with Crippen molar-refractivity contribution in [3.63, 3.8) is 0 Å². The summed E-state index contributed by atoms with van der Waals surface area (Å²) in [5.41, 5.74) is 12.6. The molecule has 0 aliphatic carbocycles. The molecule has 172 valence electrons. The number of hydrogen-bond donors (Lipinski definition) is 2. The van der Waals surface area contributed by atoms with Crippen molar-refractivity contribution in [2.75, 3.05) is 43.6 Å². The number of ether oxygens (including phenoxy) is 2. The van der Waals surface area contributed by atoms with E-state index in [0.29, 0.717) is 18.2 Å². The quantitative estimate of drug-likeness (QED) is 0.476. The lowest BCUT2D eigenvalue weighted by molar-refractivity contribution is 0.122. The fourth-order valence-electron chi connectivity index (χ4n) is 4.50. The van der Waals surface area contributed by atoms with Crippen LogP contribution in [-0.4, -0.2) is 53.6 Å². The van der Waals surface area contributed by atoms with E-state index in [0.717, 1.165) is 71.5 Å². The van der Waals surface area contributed by atoms with Gasteiger partial charge in [-0.2, -0.15) is 0 Å². The molecule has 2 aromatic carbocycles. The molecule has 6 rings (SSSR count). The average Bonchev–Trinajstić information content (AvgIpc) is 3.51. The number of aromatic nitrogens is 3. The Bertz CT molecular complexity index is 1410. The molecule has 0 atom stereocenters. The first-order valence-corrected chi connectivity index (χ1v) is 11.2. The molecule has 1 fully saturated rings. The van der Waals surface area contributed by atoms with Gasteiger partial charge in [-0.3, -0.25) is 4.99 Å². The standard InChI is InChI=1S/C25H25N7O2/c1-33-22-13-18(3-5-21(22)31-8-10-34-11-9-31)29-24-25-27-6-7-32(25)15-20(30-24)16-2-4-19-17(12-16)14-28-23(19)26/h2-7,12-13,15H,8-11,14H2,1H3,(H2,26,28)(H,29,30). The molecule has 0 bridgehead atoms. The predicted octanol–water partition coefficient (Wildman–Crippen LogP) is 3.20. The summed E-state index contributed by atoms with van der Waals surface area (Å²) in [6.45, 7) is 3.73. The van der Waals surface area contributed by atoms with Crippen LogP contribution < -0.4 is 20.7 Å². The van der Waals surface area contributed by atoms with E-state index < -0.39 is 0 Å². The number of benzene rings is 2. The number of hydrogen-bond acceptors (Lipinski definition) is 8. The largest absolute Gasteiger partial charge is 0.495 e. The Kier molecular flexibility index (Phi) is 5.03. The minimum Gasteiger partial charge on any atom is -0.495 e. The molecule has 0 spiro atoms. The monoisotopic (exact) mass is 455 g/mol. The van der Waals surface area contributed by atoms with Crippen LogP contribution in [-0.2, 0) is 11.3 Å². The summed E-state index contributed by atoms with van der Waals surface area (Å²) in [5, 5.41) is 3.45. The van der Waals surface area contributed by atoms with Crippen molar-refractivity contribution in [2.24, 2.45) is 10.7 Å². The van der Waals surface area contributed by atoms with Crippen molar-refractivity contribution >= 4 is 28.7 Å². The van der Waals surface area contributed by atoms with Gasteiger partial charge in [0.2, 0.25) is 0 Å². The Hall–Kier alpha value is -4.11. The molecule has 9 nitrogen and oxygen atoms in total. The maximum absolute atomic E-state index is 5.98. The van der Waals surface area contributed by atoms with Gasteiger partial charge in [0.15, 0.2) is 11.5 Å². The molecular formula is C25H25N7O2. The summed E-state index contributed by atoms with van der Waals surface area (Å²) in [4.78, 5) is 16.0. The van der Waals surface area contributed by atoms with Crippen LogP contribution in [0.4, 0.5) is 17.2 Å². The highest BCUT2D eigenvalue weighted by Crippen LogP contribution is 2.34. The molecule has 1 saturated heterocycles. The van der Waals surface area contributed by atoms with Gasteiger partial charge in [0.25, 0.3) is 0 Å². The number of morpholine rings is 1. The van der Waals surface area contributed by atoms with Gasteiger partial charge in [0.1, 0.15) is 11.6 Å². The Morgan fingerprint density at radius 2 is 2.00 bits per heavy atom. The first-order chi connectivity index (χ1) is 16.7. The van der Waals surface area contributed by atoms with E-state index in [1.165, 1.54) is 0 Å². The van der Waals surface area contributed by atoms with Crippen molar-refractivity contribution in [1.29, 1.82) is 0 Å². The third-order valence-electron chi connectivity index (χ3n) is 6.27. The molecule has 2 aromatic heterocycles. The normalized spacial score (nSPS) is 15.3. The van der Waals surface area contributed by atoms with Crippen LogP contribution in [0.1, 0.15) is 11.1 Å². The molecule has 34 heavy (non-hydrogen) atoms. The van der Waals surface area contributed by atoms with Gasteiger partial charge in [0.05, 0.1) is 38.2 Å². The van der Waals surface area contributed by atoms with Crippen molar-refractivity contribution in [1.82, 2.24) is 14.4 Å². The van der Waals surface area contributed by atoms with E-state index in [2.05, 4.69) is 32.3 Å². The third kappa shape index (κ3) is 3.60. The van der Waals surface area contributed by atoms with Crippen LogP contribution in [0.3, 0.4) is 0 Å². The van der Waals surface area contributed by atoms with E-state index in [1.54, 1.807) is 13.3 Å². The van der Waals surface area contributed by atoms with Gasteiger partial charge in [-0.15, -0.1) is 0 Å². The van der Waals surface area contributed by atoms with Crippen molar-refractivity contribution < 1.29 is 9.47 Å². The highest BCUT2D eigenvalue weighted by molar-refractivity contribution is 6.01. The van der Waals surface area contributed by atoms with E-state index in [9.17, 15) is 0 Å². The summed E-state index contributed by atoms with van der Waals surface area (Å²) >= 11 is 0. The van der Waals surface area contributed by atoms with E-state index in [1.807, 2.05) is 41.1 Å². The highest BCUT2D eigenvalue weighted by Gasteiger charge is 2.18. The molecule has 3 N–H and O–H groups in total. The molecule has 0 radical (unpaired) electrons. The summed E-state index contributed by atoms with van der Waals surface area (Å²) < 4.78 is 13.2. The second-order valence-electron chi connectivity index (χ2n) is 8.32. The molecule has 2 aliphatic heterocycles. The van der Waals surface area contributed by atoms with Crippen molar-refractivity contribution in [3.05, 3.63) is 66.1 Å². The second-order valence-corrected chi connectivity index (χ2v) is 8.32. The first kappa shape index (κ1) is 20.5. The summed E-state index contributed by atoms with van der Waals surface area (Å²) in [7, 11) is 1.69. The Balaban J connectivity index is 1.35. The summed E-state index contributed by atoms with van der Waals surface area (Å²) in [6, 6.07) is 12.3. The molecule has 2 aliphatic rings. The molecule has 4 aromatic rings. The number of nitrogens with two attached hydrogens (primary N) is 1. The maximum atomic E-state index is 5.98. The molecular weight excluding hydrogens is 430 g/mol. The van der Waals surface area contributed by atoms with E-state index >= 15 is 0 Å². The van der Waals surface area contributed by atoms with Gasteiger partial charge in [-0.05, 0) is 23.8 Å². The smallest absolute Gasteiger partial charge is 0.180 e. The number of nitrogens with zero attached hydrogens (tertiary/aromatic N) is 5. The van der Waals surface area contributed by atoms with Crippen LogP contribution in [0.5, 0.6) is 5.75 Å². The predicted molar refractivity (Wildman–Crippen MR) is 132 cm³/mol. The SMILES string of the molecule is COc1cc(Nc2nc(-c3ccc4c(c3)CN=C4N)cn3ccnc23)ccc1N1CCOCC1. The first-order valence-electron chi connectivity index (χ1n) is 11.2. The zero-order valence-corrected chi connectivity index (χ0v) is 18.9. The zero-order chi connectivity index (χ0) is 23.1. The Labute approximate surface area is 196 Å². The molecule has 0 amide bonds. The van der Waals surface area contributed by atoms with Gasteiger partial charge in [0, 0.05) is 54.6 Å². The summed E-state index contributed by atoms with van der Waals surface area (Å²) in [5.74, 6) is 2.06. The number of amidine groups is 1. The Morgan fingerprint density at radius 1 is 1.12 bits per heavy atom. The van der Waals surface area contributed by atoms with Crippen molar-refractivity contribution in [2.45, 2.75) is 6.54 Å².